The van der Waals surface area contributed by atoms with Crippen LogP contribution in [0.15, 0.2) is 0 Å². The summed E-state index contributed by atoms with van der Waals surface area (Å²) in [6.07, 6.45) is -1.63. The lowest BCUT2D eigenvalue weighted by molar-refractivity contribution is -0.242. The van der Waals surface area contributed by atoms with Gasteiger partial charge in [0, 0.05) is 26.7 Å². The fraction of sp³-hybridized carbons (Fsp3) is 0.833. The molecule has 1 aliphatic rings. The van der Waals surface area contributed by atoms with E-state index in [1.165, 1.54) is 20.8 Å². The molecule has 19 heavy (non-hydrogen) atoms. The molecule has 4 atom stereocenters. The molecular weight excluding hydrogens is 256 g/mol. The average Bonchev–Trinajstić information content (AvgIpc) is 2.24. The summed E-state index contributed by atoms with van der Waals surface area (Å²) in [7, 11) is 0. The van der Waals surface area contributed by atoms with E-state index in [4.69, 9.17) is 18.9 Å². The van der Waals surface area contributed by atoms with E-state index in [0.29, 0.717) is 12.8 Å². The van der Waals surface area contributed by atoms with Gasteiger partial charge in [-0.15, -0.1) is 0 Å². The van der Waals surface area contributed by atoms with Crippen molar-refractivity contribution in [3.05, 3.63) is 0 Å². The Hall–Kier alpha value is -1.18. The van der Waals surface area contributed by atoms with Crippen LogP contribution in [0.2, 0.25) is 0 Å². The minimum Gasteiger partial charge on any atom is -0.463 e. The van der Waals surface area contributed by atoms with Gasteiger partial charge in [0.05, 0.1) is 12.2 Å². The van der Waals surface area contributed by atoms with Crippen molar-refractivity contribution in [1.29, 1.82) is 0 Å². The van der Waals surface area contributed by atoms with E-state index in [2.05, 4.69) is 0 Å². The van der Waals surface area contributed by atoms with Crippen LogP contribution < -0.4 is 0 Å². The summed E-state index contributed by atoms with van der Waals surface area (Å²) in [5.41, 5.74) is 0. The molecule has 0 radical (unpaired) electrons. The highest BCUT2D eigenvalue weighted by Gasteiger charge is 2.33. The molecule has 0 saturated carbocycles. The van der Waals surface area contributed by atoms with Crippen molar-refractivity contribution in [2.75, 3.05) is 6.61 Å². The minimum absolute atomic E-state index is 0.0623. The Morgan fingerprint density at radius 2 is 2.00 bits per heavy atom. The summed E-state index contributed by atoms with van der Waals surface area (Å²) in [6, 6.07) is 0. The number of hydrogen-bond donors (Lipinski definition) is 1. The number of aliphatic hydroxyl groups excluding tert-OH is 1. The first-order valence-electron chi connectivity index (χ1n) is 6.16. The molecule has 7 nitrogen and oxygen atoms in total. The summed E-state index contributed by atoms with van der Waals surface area (Å²) in [5.74, 6) is -0.875. The van der Waals surface area contributed by atoms with Gasteiger partial charge in [-0.1, -0.05) is 0 Å². The Kier molecular flexibility index (Phi) is 6.20. The predicted molar refractivity (Wildman–Crippen MR) is 62.8 cm³/mol. The van der Waals surface area contributed by atoms with E-state index in [-0.39, 0.29) is 12.7 Å². The number of aliphatic hydroxyl groups is 1. The maximum absolute atomic E-state index is 10.9. The quantitative estimate of drug-likeness (QED) is 0.572. The van der Waals surface area contributed by atoms with Crippen LogP contribution in [0.25, 0.3) is 0 Å². The fourth-order valence-electron chi connectivity index (χ4n) is 1.90. The molecule has 0 aromatic heterocycles. The van der Waals surface area contributed by atoms with Crippen LogP contribution in [0, 0.1) is 0 Å². The first-order chi connectivity index (χ1) is 8.86. The molecule has 1 unspecified atom stereocenters. The van der Waals surface area contributed by atoms with Gasteiger partial charge in [0.1, 0.15) is 6.61 Å². The second-order valence-corrected chi connectivity index (χ2v) is 4.43. The molecule has 7 heteroatoms. The zero-order chi connectivity index (χ0) is 14.4. The third-order valence-electron chi connectivity index (χ3n) is 2.48. The van der Waals surface area contributed by atoms with Gasteiger partial charge in [-0.3, -0.25) is 9.59 Å². The zero-order valence-corrected chi connectivity index (χ0v) is 11.3. The lowest BCUT2D eigenvalue weighted by Gasteiger charge is -2.34. The highest BCUT2D eigenvalue weighted by molar-refractivity contribution is 5.66. The van der Waals surface area contributed by atoms with Crippen molar-refractivity contribution in [2.24, 2.45) is 0 Å². The van der Waals surface area contributed by atoms with Gasteiger partial charge in [-0.25, -0.2) is 0 Å². The largest absolute Gasteiger partial charge is 0.463 e. The number of hydrogen-bond acceptors (Lipinski definition) is 7. The smallest absolute Gasteiger partial charge is 0.304 e. The van der Waals surface area contributed by atoms with E-state index in [1.54, 1.807) is 0 Å². The molecule has 1 heterocycles. The van der Waals surface area contributed by atoms with Gasteiger partial charge in [-0.2, -0.15) is 0 Å². The maximum atomic E-state index is 10.9. The molecule has 110 valence electrons. The molecule has 0 aromatic rings. The normalized spacial score (nSPS) is 28.5. The predicted octanol–water partition coefficient (Wildman–Crippen LogP) is 0.341. The van der Waals surface area contributed by atoms with E-state index in [1.807, 2.05) is 0 Å². The van der Waals surface area contributed by atoms with Crippen molar-refractivity contribution in [3.8, 4) is 0 Å². The molecule has 1 fully saturated rings. The molecule has 0 spiro atoms. The second-order valence-electron chi connectivity index (χ2n) is 4.43. The number of rotatable bonds is 5. The van der Waals surface area contributed by atoms with Crippen molar-refractivity contribution in [3.63, 3.8) is 0 Å². The topological polar surface area (TPSA) is 91.3 Å². The Morgan fingerprint density at radius 3 is 2.53 bits per heavy atom. The minimum atomic E-state index is -0.921. The fourth-order valence-corrected chi connectivity index (χ4v) is 1.90. The van der Waals surface area contributed by atoms with Crippen molar-refractivity contribution in [2.45, 2.75) is 58.4 Å². The van der Waals surface area contributed by atoms with Gasteiger partial charge < -0.3 is 24.1 Å². The molecule has 1 aliphatic heterocycles. The van der Waals surface area contributed by atoms with E-state index < -0.39 is 30.6 Å². The highest BCUT2D eigenvalue weighted by atomic mass is 16.7. The summed E-state index contributed by atoms with van der Waals surface area (Å²) in [4.78, 5) is 21.7. The molecule has 0 aromatic carbocycles. The molecule has 1 rings (SSSR count). The third kappa shape index (κ3) is 6.51. The molecular formula is C12H20O7. The Morgan fingerprint density at radius 1 is 1.32 bits per heavy atom. The van der Waals surface area contributed by atoms with E-state index in [0.717, 1.165) is 0 Å². The summed E-state index contributed by atoms with van der Waals surface area (Å²) in [6.45, 7) is 4.14. The van der Waals surface area contributed by atoms with Gasteiger partial charge in [-0.05, 0) is 6.92 Å². The van der Waals surface area contributed by atoms with Crippen LogP contribution in [0.5, 0.6) is 0 Å². The summed E-state index contributed by atoms with van der Waals surface area (Å²) >= 11 is 0. The summed E-state index contributed by atoms with van der Waals surface area (Å²) < 4.78 is 20.6. The Bertz CT molecular complexity index is 315. The van der Waals surface area contributed by atoms with Crippen LogP contribution in [-0.4, -0.2) is 48.4 Å². The van der Waals surface area contributed by atoms with Crippen LogP contribution in [0.4, 0.5) is 0 Å². The Labute approximate surface area is 111 Å². The van der Waals surface area contributed by atoms with Gasteiger partial charge >= 0.3 is 11.9 Å². The van der Waals surface area contributed by atoms with Gasteiger partial charge in [0.2, 0.25) is 6.29 Å². The second kappa shape index (κ2) is 7.42. The first-order valence-corrected chi connectivity index (χ1v) is 6.16. The molecule has 0 amide bonds. The average molecular weight is 276 g/mol. The van der Waals surface area contributed by atoms with Crippen molar-refractivity contribution >= 4 is 11.9 Å². The molecule has 0 aliphatic carbocycles. The third-order valence-corrected chi connectivity index (χ3v) is 2.48. The first kappa shape index (κ1) is 15.9. The van der Waals surface area contributed by atoms with Gasteiger partial charge in [0.15, 0.2) is 6.29 Å². The van der Waals surface area contributed by atoms with Crippen molar-refractivity contribution in [1.82, 2.24) is 0 Å². The van der Waals surface area contributed by atoms with Crippen LogP contribution in [-0.2, 0) is 28.5 Å². The highest BCUT2D eigenvalue weighted by Crippen LogP contribution is 2.24. The van der Waals surface area contributed by atoms with Crippen LogP contribution >= 0.6 is 0 Å². The van der Waals surface area contributed by atoms with E-state index >= 15 is 0 Å². The maximum Gasteiger partial charge on any atom is 0.304 e. The van der Waals surface area contributed by atoms with Crippen LogP contribution in [0.3, 0.4) is 0 Å². The number of esters is 2. The lowest BCUT2D eigenvalue weighted by Crippen LogP contribution is -2.42. The summed E-state index contributed by atoms with van der Waals surface area (Å²) in [5, 5.41) is 9.22. The molecule has 1 N–H and O–H groups in total. The van der Waals surface area contributed by atoms with Crippen LogP contribution in [0.1, 0.15) is 33.6 Å². The van der Waals surface area contributed by atoms with E-state index in [9.17, 15) is 14.7 Å². The monoisotopic (exact) mass is 276 g/mol. The molecule has 0 bridgehead atoms. The number of carbonyl (C=O) groups is 2. The number of carbonyl (C=O) groups excluding carboxylic acids is 2. The lowest BCUT2D eigenvalue weighted by atomic mass is 10.1. The van der Waals surface area contributed by atoms with Gasteiger partial charge in [0.25, 0.3) is 0 Å². The standard InChI is InChI=1S/C12H20O7/c1-7(13)16-6-11-4-10(17-8(2)14)5-12(19-11)18-9(3)15/h8,10-12,14H,4-6H2,1-3H3/t8?,10-,11-,12+/m1/s1. The number of ether oxygens (including phenoxy) is 4. The Balaban J connectivity index is 2.55. The SMILES string of the molecule is CC(=O)OC[C@H]1C[C@@H](OC(C)O)C[C@@H](OC(C)=O)O1. The zero-order valence-electron chi connectivity index (χ0n) is 11.3. The van der Waals surface area contributed by atoms with Crippen molar-refractivity contribution < 1.29 is 33.6 Å². The molecule has 1 saturated heterocycles.